The Kier molecular flexibility index (Phi) is 2.31. The molecule has 0 amide bonds. The summed E-state index contributed by atoms with van der Waals surface area (Å²) < 4.78 is 3.29. The maximum Gasteiger partial charge on any atom is 0.175 e. The van der Waals surface area contributed by atoms with Crippen LogP contribution in [-0.4, -0.2) is 24.4 Å². The Morgan fingerprint density at radius 1 is 1.12 bits per heavy atom. The second-order valence-corrected chi connectivity index (χ2v) is 4.37. The zero-order valence-electron chi connectivity index (χ0n) is 8.80. The van der Waals surface area contributed by atoms with Gasteiger partial charge >= 0.3 is 0 Å². The van der Waals surface area contributed by atoms with E-state index in [0.29, 0.717) is 15.8 Å². The van der Waals surface area contributed by atoms with Crippen LogP contribution >= 0.6 is 23.2 Å². The molecule has 86 valence electrons. The van der Waals surface area contributed by atoms with Gasteiger partial charge in [-0.1, -0.05) is 23.2 Å². The van der Waals surface area contributed by atoms with Crippen molar-refractivity contribution in [1.82, 2.24) is 24.4 Å². The van der Waals surface area contributed by atoms with Gasteiger partial charge in [-0.15, -0.1) is 0 Å². The van der Waals surface area contributed by atoms with Gasteiger partial charge in [0.15, 0.2) is 5.65 Å². The SMILES string of the molecule is Cn1cc(-c2cn3ncc(Cl)c3nc2Cl)cn1. The first-order valence-electron chi connectivity index (χ1n) is 4.83. The summed E-state index contributed by atoms with van der Waals surface area (Å²) in [5.74, 6) is 0. The van der Waals surface area contributed by atoms with E-state index in [1.54, 1.807) is 21.6 Å². The fraction of sp³-hybridized carbons (Fsp3) is 0.100. The van der Waals surface area contributed by atoms with E-state index >= 15 is 0 Å². The summed E-state index contributed by atoms with van der Waals surface area (Å²) in [6.07, 6.45) is 6.90. The van der Waals surface area contributed by atoms with E-state index in [0.717, 1.165) is 11.1 Å². The molecule has 0 saturated heterocycles. The third kappa shape index (κ3) is 1.67. The van der Waals surface area contributed by atoms with Gasteiger partial charge in [-0.25, -0.2) is 9.50 Å². The lowest BCUT2D eigenvalue weighted by Crippen LogP contribution is -1.93. The molecule has 0 radical (unpaired) electrons. The smallest absolute Gasteiger partial charge is 0.175 e. The molecule has 3 aromatic heterocycles. The summed E-state index contributed by atoms with van der Waals surface area (Å²) in [4.78, 5) is 4.22. The summed E-state index contributed by atoms with van der Waals surface area (Å²) in [5, 5.41) is 9.04. The second-order valence-electron chi connectivity index (χ2n) is 3.61. The molecule has 3 aromatic rings. The molecule has 0 aliphatic rings. The van der Waals surface area contributed by atoms with Crippen LogP contribution in [0.4, 0.5) is 0 Å². The Bertz CT molecular complexity index is 700. The average molecular weight is 268 g/mol. The summed E-state index contributed by atoms with van der Waals surface area (Å²) in [6.45, 7) is 0. The lowest BCUT2D eigenvalue weighted by molar-refractivity contribution is 0.768. The number of nitrogens with zero attached hydrogens (tertiary/aromatic N) is 5. The van der Waals surface area contributed by atoms with Crippen LogP contribution < -0.4 is 0 Å². The van der Waals surface area contributed by atoms with E-state index in [1.165, 1.54) is 6.20 Å². The van der Waals surface area contributed by atoms with Crippen molar-refractivity contribution in [2.45, 2.75) is 0 Å². The lowest BCUT2D eigenvalue weighted by Gasteiger charge is -2.01. The number of fused-ring (bicyclic) bond motifs is 1. The van der Waals surface area contributed by atoms with Gasteiger partial charge in [0.25, 0.3) is 0 Å². The minimum absolute atomic E-state index is 0.382. The van der Waals surface area contributed by atoms with Gasteiger partial charge in [0.2, 0.25) is 0 Å². The maximum absolute atomic E-state index is 6.13. The fourth-order valence-electron chi connectivity index (χ4n) is 1.62. The van der Waals surface area contributed by atoms with E-state index in [1.807, 2.05) is 13.2 Å². The Morgan fingerprint density at radius 2 is 1.94 bits per heavy atom. The van der Waals surface area contributed by atoms with Crippen molar-refractivity contribution in [2.24, 2.45) is 7.05 Å². The number of halogens is 2. The largest absolute Gasteiger partial charge is 0.275 e. The zero-order chi connectivity index (χ0) is 12.0. The van der Waals surface area contributed by atoms with Gasteiger partial charge in [-0.3, -0.25) is 4.68 Å². The third-order valence-corrected chi connectivity index (χ3v) is 2.97. The van der Waals surface area contributed by atoms with E-state index < -0.39 is 0 Å². The maximum atomic E-state index is 6.13. The molecular formula is C10H7Cl2N5. The number of rotatable bonds is 1. The molecule has 0 fully saturated rings. The molecule has 5 nitrogen and oxygen atoms in total. The van der Waals surface area contributed by atoms with Crippen molar-refractivity contribution in [2.75, 3.05) is 0 Å². The molecule has 0 aliphatic heterocycles. The molecule has 0 N–H and O–H groups in total. The molecule has 0 aromatic carbocycles. The van der Waals surface area contributed by atoms with E-state index in [-0.39, 0.29) is 0 Å². The van der Waals surface area contributed by atoms with Gasteiger partial charge in [0.05, 0.1) is 12.4 Å². The van der Waals surface area contributed by atoms with Crippen LogP contribution in [0.25, 0.3) is 16.8 Å². The molecule has 0 aliphatic carbocycles. The highest BCUT2D eigenvalue weighted by atomic mass is 35.5. The highest BCUT2D eigenvalue weighted by Gasteiger charge is 2.11. The van der Waals surface area contributed by atoms with Crippen LogP contribution in [-0.2, 0) is 7.05 Å². The molecule has 0 bridgehead atoms. The highest BCUT2D eigenvalue weighted by molar-refractivity contribution is 6.34. The third-order valence-electron chi connectivity index (χ3n) is 2.42. The van der Waals surface area contributed by atoms with E-state index in [9.17, 15) is 0 Å². The van der Waals surface area contributed by atoms with Crippen molar-refractivity contribution in [3.8, 4) is 11.1 Å². The summed E-state index contributed by atoms with van der Waals surface area (Å²) >= 11 is 12.1. The van der Waals surface area contributed by atoms with Crippen LogP contribution in [0.1, 0.15) is 0 Å². The first-order valence-corrected chi connectivity index (χ1v) is 5.59. The Labute approximate surface area is 107 Å². The van der Waals surface area contributed by atoms with Crippen LogP contribution in [0.3, 0.4) is 0 Å². The van der Waals surface area contributed by atoms with Crippen LogP contribution in [0.15, 0.2) is 24.8 Å². The van der Waals surface area contributed by atoms with Gasteiger partial charge in [0, 0.05) is 30.6 Å². The fourth-order valence-corrected chi connectivity index (χ4v) is 2.03. The Morgan fingerprint density at radius 3 is 2.65 bits per heavy atom. The van der Waals surface area contributed by atoms with Gasteiger partial charge in [0.1, 0.15) is 10.2 Å². The predicted octanol–water partition coefficient (Wildman–Crippen LogP) is 2.44. The molecule has 0 unspecified atom stereocenters. The number of hydrogen-bond acceptors (Lipinski definition) is 3. The molecule has 0 spiro atoms. The average Bonchev–Trinajstić information content (AvgIpc) is 2.86. The van der Waals surface area contributed by atoms with Crippen molar-refractivity contribution in [1.29, 1.82) is 0 Å². The summed E-state index contributed by atoms with van der Waals surface area (Å²) in [6, 6.07) is 0. The quantitative estimate of drug-likeness (QED) is 0.637. The normalized spacial score (nSPS) is 11.2. The first-order chi connectivity index (χ1) is 8.15. The predicted molar refractivity (Wildman–Crippen MR) is 65.2 cm³/mol. The molecule has 3 rings (SSSR count). The van der Waals surface area contributed by atoms with Crippen molar-refractivity contribution in [3.63, 3.8) is 0 Å². The topological polar surface area (TPSA) is 48.0 Å². The second kappa shape index (κ2) is 3.72. The van der Waals surface area contributed by atoms with E-state index in [2.05, 4.69) is 15.2 Å². The number of aromatic nitrogens is 5. The molecule has 3 heterocycles. The minimum Gasteiger partial charge on any atom is -0.275 e. The van der Waals surface area contributed by atoms with Crippen molar-refractivity contribution >= 4 is 28.8 Å². The minimum atomic E-state index is 0.382. The standard InChI is InChI=1S/C10H7Cl2N5/c1-16-4-6(2-13-16)7-5-17-10(15-9(7)12)8(11)3-14-17/h2-5H,1H3. The lowest BCUT2D eigenvalue weighted by atomic mass is 10.2. The van der Waals surface area contributed by atoms with Gasteiger partial charge in [-0.2, -0.15) is 10.2 Å². The summed E-state index contributed by atoms with van der Waals surface area (Å²) in [5.41, 5.74) is 2.20. The molecule has 0 atom stereocenters. The molecule has 0 saturated carbocycles. The molecule has 7 heteroatoms. The van der Waals surface area contributed by atoms with Gasteiger partial charge < -0.3 is 0 Å². The van der Waals surface area contributed by atoms with Crippen LogP contribution in [0.2, 0.25) is 10.2 Å². The highest BCUT2D eigenvalue weighted by Crippen LogP contribution is 2.27. The summed E-state index contributed by atoms with van der Waals surface area (Å²) in [7, 11) is 1.84. The molecular weight excluding hydrogens is 261 g/mol. The van der Waals surface area contributed by atoms with Crippen molar-refractivity contribution < 1.29 is 0 Å². The van der Waals surface area contributed by atoms with Gasteiger partial charge in [-0.05, 0) is 0 Å². The Balaban J connectivity index is 2.26. The number of aryl methyl sites for hydroxylation is 1. The first kappa shape index (κ1) is 10.6. The zero-order valence-corrected chi connectivity index (χ0v) is 10.3. The van der Waals surface area contributed by atoms with Crippen LogP contribution in [0, 0.1) is 0 Å². The van der Waals surface area contributed by atoms with Crippen molar-refractivity contribution in [3.05, 3.63) is 35.0 Å². The number of hydrogen-bond donors (Lipinski definition) is 0. The van der Waals surface area contributed by atoms with Crippen LogP contribution in [0.5, 0.6) is 0 Å². The Hall–Kier alpha value is -1.59. The molecule has 17 heavy (non-hydrogen) atoms. The monoisotopic (exact) mass is 267 g/mol. The van der Waals surface area contributed by atoms with E-state index in [4.69, 9.17) is 23.2 Å².